The standard InChI is InChI=1S/C21H25N3O5S/c1-22-30(27,28)19-13-16(10-11-18(19)29-2)21(26)23-17(15-7-4-3-5-8-15)14-24-12-6-9-20(24)25/h3-5,7-8,10-11,13,17,22H,6,9,12,14H2,1-2H3,(H,23,26). The zero-order valence-corrected chi connectivity index (χ0v) is 17.7. The Balaban J connectivity index is 1.88. The molecule has 1 unspecified atom stereocenters. The highest BCUT2D eigenvalue weighted by atomic mass is 32.2. The Morgan fingerprint density at radius 1 is 1.20 bits per heavy atom. The Labute approximate surface area is 176 Å². The number of carbonyl (C=O) groups excluding carboxylic acids is 2. The first-order valence-electron chi connectivity index (χ1n) is 9.61. The average Bonchev–Trinajstić information content (AvgIpc) is 3.17. The summed E-state index contributed by atoms with van der Waals surface area (Å²) in [4.78, 5) is 26.7. The van der Waals surface area contributed by atoms with Gasteiger partial charge in [0.15, 0.2) is 0 Å². The van der Waals surface area contributed by atoms with Crippen LogP contribution in [0, 0.1) is 0 Å². The summed E-state index contributed by atoms with van der Waals surface area (Å²) in [5.74, 6) is -0.231. The van der Waals surface area contributed by atoms with E-state index in [4.69, 9.17) is 4.74 Å². The molecule has 160 valence electrons. The van der Waals surface area contributed by atoms with Crippen LogP contribution >= 0.6 is 0 Å². The lowest BCUT2D eigenvalue weighted by Gasteiger charge is -2.25. The van der Waals surface area contributed by atoms with Crippen LogP contribution in [0.4, 0.5) is 0 Å². The van der Waals surface area contributed by atoms with Crippen LogP contribution in [0.5, 0.6) is 5.75 Å². The van der Waals surface area contributed by atoms with Crippen molar-refractivity contribution in [2.45, 2.75) is 23.8 Å². The molecule has 8 nitrogen and oxygen atoms in total. The molecule has 3 rings (SSSR count). The maximum Gasteiger partial charge on any atom is 0.251 e. The van der Waals surface area contributed by atoms with Gasteiger partial charge in [0.25, 0.3) is 5.91 Å². The molecule has 2 amide bonds. The number of ether oxygens (including phenoxy) is 1. The summed E-state index contributed by atoms with van der Waals surface area (Å²) in [6, 6.07) is 13.2. The molecule has 2 aromatic carbocycles. The highest BCUT2D eigenvalue weighted by Gasteiger charge is 2.26. The first-order valence-corrected chi connectivity index (χ1v) is 11.1. The fraction of sp³-hybridized carbons (Fsp3) is 0.333. The fourth-order valence-electron chi connectivity index (χ4n) is 3.42. The van der Waals surface area contributed by atoms with Crippen molar-refractivity contribution in [3.8, 4) is 5.75 Å². The Morgan fingerprint density at radius 2 is 1.93 bits per heavy atom. The van der Waals surface area contributed by atoms with Gasteiger partial charge in [-0.15, -0.1) is 0 Å². The van der Waals surface area contributed by atoms with Gasteiger partial charge in [-0.3, -0.25) is 9.59 Å². The summed E-state index contributed by atoms with van der Waals surface area (Å²) in [6.45, 7) is 1.01. The third-order valence-electron chi connectivity index (χ3n) is 5.07. The minimum Gasteiger partial charge on any atom is -0.495 e. The lowest BCUT2D eigenvalue weighted by molar-refractivity contribution is -0.128. The monoisotopic (exact) mass is 431 g/mol. The summed E-state index contributed by atoms with van der Waals surface area (Å²) in [5, 5.41) is 2.94. The Bertz CT molecular complexity index is 1020. The van der Waals surface area contributed by atoms with Crippen molar-refractivity contribution in [3.05, 3.63) is 59.7 Å². The van der Waals surface area contributed by atoms with E-state index < -0.39 is 22.0 Å². The van der Waals surface area contributed by atoms with Crippen molar-refractivity contribution in [1.82, 2.24) is 14.9 Å². The Kier molecular flexibility index (Phi) is 6.73. The van der Waals surface area contributed by atoms with Crippen LogP contribution in [0.15, 0.2) is 53.4 Å². The maximum atomic E-state index is 13.0. The van der Waals surface area contributed by atoms with Crippen LogP contribution in [0.1, 0.15) is 34.8 Å². The minimum absolute atomic E-state index is 0.0667. The van der Waals surface area contributed by atoms with Crippen molar-refractivity contribution in [2.75, 3.05) is 27.2 Å². The SMILES string of the molecule is CNS(=O)(=O)c1cc(C(=O)NC(CN2CCCC2=O)c2ccccc2)ccc1OC. The first-order chi connectivity index (χ1) is 14.4. The van der Waals surface area contributed by atoms with Crippen molar-refractivity contribution >= 4 is 21.8 Å². The van der Waals surface area contributed by atoms with Crippen molar-refractivity contribution in [3.63, 3.8) is 0 Å². The second kappa shape index (κ2) is 9.27. The molecule has 0 saturated carbocycles. The predicted octanol–water partition coefficient (Wildman–Crippen LogP) is 1.70. The molecule has 0 bridgehead atoms. The Morgan fingerprint density at radius 3 is 2.53 bits per heavy atom. The number of sulfonamides is 1. The smallest absolute Gasteiger partial charge is 0.251 e. The lowest BCUT2D eigenvalue weighted by atomic mass is 10.1. The van der Waals surface area contributed by atoms with E-state index in [1.165, 1.54) is 32.4 Å². The van der Waals surface area contributed by atoms with Crippen LogP contribution in [0.25, 0.3) is 0 Å². The number of rotatable bonds is 8. The molecule has 30 heavy (non-hydrogen) atoms. The normalized spacial score (nSPS) is 15.1. The molecule has 2 N–H and O–H groups in total. The molecule has 2 aromatic rings. The minimum atomic E-state index is -3.81. The van der Waals surface area contributed by atoms with E-state index in [9.17, 15) is 18.0 Å². The number of benzene rings is 2. The van der Waals surface area contributed by atoms with Crippen molar-refractivity contribution in [2.24, 2.45) is 0 Å². The maximum absolute atomic E-state index is 13.0. The molecule has 0 aromatic heterocycles. The zero-order chi connectivity index (χ0) is 21.7. The third-order valence-corrected chi connectivity index (χ3v) is 6.50. The second-order valence-corrected chi connectivity index (χ2v) is 8.81. The van der Waals surface area contributed by atoms with Gasteiger partial charge in [0.1, 0.15) is 10.6 Å². The molecule has 0 spiro atoms. The molecule has 1 fully saturated rings. The van der Waals surface area contributed by atoms with Gasteiger partial charge in [-0.2, -0.15) is 0 Å². The van der Waals surface area contributed by atoms with E-state index in [1.54, 1.807) is 4.90 Å². The number of nitrogens with zero attached hydrogens (tertiary/aromatic N) is 1. The molecule has 1 aliphatic rings. The summed E-state index contributed by atoms with van der Waals surface area (Å²) < 4.78 is 32.0. The largest absolute Gasteiger partial charge is 0.495 e. The summed E-state index contributed by atoms with van der Waals surface area (Å²) in [7, 11) is -1.16. The lowest BCUT2D eigenvalue weighted by Crippen LogP contribution is -2.38. The van der Waals surface area contributed by atoms with Crippen molar-refractivity contribution in [1.29, 1.82) is 0 Å². The van der Waals surface area contributed by atoms with E-state index >= 15 is 0 Å². The van der Waals surface area contributed by atoms with Crippen LogP contribution in [-0.2, 0) is 14.8 Å². The van der Waals surface area contributed by atoms with E-state index in [0.29, 0.717) is 19.5 Å². The highest BCUT2D eigenvalue weighted by Crippen LogP contribution is 2.25. The molecular formula is C21H25N3O5S. The number of hydrogen-bond donors (Lipinski definition) is 2. The van der Waals surface area contributed by atoms with Gasteiger partial charge in [-0.25, -0.2) is 13.1 Å². The second-order valence-electron chi connectivity index (χ2n) is 6.95. The van der Waals surface area contributed by atoms with Gasteiger partial charge in [-0.05, 0) is 37.2 Å². The van der Waals surface area contributed by atoms with Gasteiger partial charge >= 0.3 is 0 Å². The highest BCUT2D eigenvalue weighted by molar-refractivity contribution is 7.89. The van der Waals surface area contributed by atoms with Crippen LogP contribution in [0.3, 0.4) is 0 Å². The van der Waals surface area contributed by atoms with Gasteiger partial charge in [0.05, 0.1) is 13.2 Å². The van der Waals surface area contributed by atoms with Gasteiger partial charge in [0, 0.05) is 25.1 Å². The summed E-state index contributed by atoms with van der Waals surface area (Å²) in [6.07, 6.45) is 1.32. The zero-order valence-electron chi connectivity index (χ0n) is 16.9. The molecule has 1 atom stereocenters. The predicted molar refractivity (Wildman–Crippen MR) is 112 cm³/mol. The number of carbonyl (C=O) groups is 2. The summed E-state index contributed by atoms with van der Waals surface area (Å²) >= 11 is 0. The van der Waals surface area contributed by atoms with E-state index in [-0.39, 0.29) is 22.1 Å². The van der Waals surface area contributed by atoms with E-state index in [1.807, 2.05) is 30.3 Å². The van der Waals surface area contributed by atoms with Gasteiger partial charge in [0.2, 0.25) is 15.9 Å². The summed E-state index contributed by atoms with van der Waals surface area (Å²) in [5.41, 5.74) is 1.04. The van der Waals surface area contributed by atoms with Gasteiger partial charge < -0.3 is 15.0 Å². The van der Waals surface area contributed by atoms with Crippen LogP contribution in [-0.4, -0.2) is 52.4 Å². The number of hydrogen-bond acceptors (Lipinski definition) is 5. The van der Waals surface area contributed by atoms with Crippen LogP contribution < -0.4 is 14.8 Å². The number of amides is 2. The molecule has 9 heteroatoms. The molecule has 1 aliphatic heterocycles. The molecule has 1 heterocycles. The average molecular weight is 432 g/mol. The molecular weight excluding hydrogens is 406 g/mol. The molecule has 0 radical (unpaired) electrons. The first kappa shape index (κ1) is 21.8. The van der Waals surface area contributed by atoms with Crippen LogP contribution in [0.2, 0.25) is 0 Å². The van der Waals surface area contributed by atoms with Crippen molar-refractivity contribution < 1.29 is 22.7 Å². The van der Waals surface area contributed by atoms with Gasteiger partial charge in [-0.1, -0.05) is 30.3 Å². The number of nitrogens with one attached hydrogen (secondary N) is 2. The van der Waals surface area contributed by atoms with E-state index in [2.05, 4.69) is 10.0 Å². The van der Waals surface area contributed by atoms with E-state index in [0.717, 1.165) is 12.0 Å². The number of likely N-dealkylation sites (tertiary alicyclic amines) is 1. The molecule has 0 aliphatic carbocycles. The fourth-order valence-corrected chi connectivity index (χ4v) is 4.33. The third kappa shape index (κ3) is 4.80. The molecule has 1 saturated heterocycles. The Hall–Kier alpha value is -2.91. The topological polar surface area (TPSA) is 105 Å². The quantitative estimate of drug-likeness (QED) is 0.662. The number of methoxy groups -OCH3 is 1.